The van der Waals surface area contributed by atoms with Gasteiger partial charge in [-0.15, -0.1) is 0 Å². The molecule has 3 aromatic carbocycles. The summed E-state index contributed by atoms with van der Waals surface area (Å²) in [5.41, 5.74) is 1.34. The lowest BCUT2D eigenvalue weighted by molar-refractivity contribution is -0.115. The van der Waals surface area contributed by atoms with Crippen LogP contribution in [0.15, 0.2) is 71.6 Å². The molecule has 4 rings (SSSR count). The van der Waals surface area contributed by atoms with Gasteiger partial charge in [0.05, 0.1) is 30.2 Å². The summed E-state index contributed by atoms with van der Waals surface area (Å²) in [5, 5.41) is 12.9. The first kappa shape index (κ1) is 23.0. The van der Waals surface area contributed by atoms with E-state index in [0.717, 1.165) is 22.0 Å². The number of benzene rings is 3. The van der Waals surface area contributed by atoms with Crippen LogP contribution in [0.3, 0.4) is 0 Å². The van der Waals surface area contributed by atoms with Gasteiger partial charge < -0.3 is 15.2 Å². The van der Waals surface area contributed by atoms with Crippen LogP contribution in [0.4, 0.5) is 15.8 Å². The molecule has 7 nitrogen and oxygen atoms in total. The number of hydrogen-bond acceptors (Lipinski definition) is 5. The van der Waals surface area contributed by atoms with Crippen LogP contribution >= 0.6 is 11.6 Å². The SMILES string of the molecule is O=C(Cc1ccc(Cl)cc1)Nc1ccc2c(c1)N(S(=O)(=O)c1ccc(F)cc1)C[C@H](CO)O2. The molecule has 2 N–H and O–H groups in total. The normalized spacial score (nSPS) is 15.5. The summed E-state index contributed by atoms with van der Waals surface area (Å²) in [6.07, 6.45) is -0.673. The Morgan fingerprint density at radius 2 is 1.82 bits per heavy atom. The number of sulfonamides is 1. The lowest BCUT2D eigenvalue weighted by Gasteiger charge is -2.35. The van der Waals surface area contributed by atoms with Gasteiger partial charge in [-0.05, 0) is 60.2 Å². The van der Waals surface area contributed by atoms with Gasteiger partial charge in [0.2, 0.25) is 5.91 Å². The fourth-order valence-electron chi connectivity index (χ4n) is 3.44. The van der Waals surface area contributed by atoms with Gasteiger partial charge in [0.15, 0.2) is 0 Å². The average molecular weight is 491 g/mol. The lowest BCUT2D eigenvalue weighted by atomic mass is 10.1. The van der Waals surface area contributed by atoms with Gasteiger partial charge in [-0.2, -0.15) is 0 Å². The Kier molecular flexibility index (Phi) is 6.55. The highest BCUT2D eigenvalue weighted by molar-refractivity contribution is 7.92. The molecule has 1 heterocycles. The van der Waals surface area contributed by atoms with E-state index >= 15 is 0 Å². The molecule has 0 unspecified atom stereocenters. The van der Waals surface area contributed by atoms with Crippen LogP contribution in [0.1, 0.15) is 5.56 Å². The number of carbonyl (C=O) groups is 1. The van der Waals surface area contributed by atoms with E-state index < -0.39 is 28.6 Å². The largest absolute Gasteiger partial charge is 0.484 e. The van der Waals surface area contributed by atoms with E-state index in [4.69, 9.17) is 16.3 Å². The van der Waals surface area contributed by atoms with E-state index in [-0.39, 0.29) is 35.2 Å². The molecule has 3 aromatic rings. The standard InChI is InChI=1S/C23H20ClFN2O5S/c24-16-3-1-15(2-4-16)11-23(29)26-18-7-10-22-21(12-18)27(13-19(14-28)32-22)33(30,31)20-8-5-17(25)6-9-20/h1-10,12,19,28H,11,13-14H2,(H,26,29)/t19-/m1/s1. The number of nitrogens with zero attached hydrogens (tertiary/aromatic N) is 1. The summed E-state index contributed by atoms with van der Waals surface area (Å²) >= 11 is 5.87. The molecular weight excluding hydrogens is 471 g/mol. The number of halogens is 2. The van der Waals surface area contributed by atoms with Crippen molar-refractivity contribution >= 4 is 38.9 Å². The maximum Gasteiger partial charge on any atom is 0.264 e. The van der Waals surface area contributed by atoms with E-state index in [0.29, 0.717) is 10.7 Å². The second-order valence-electron chi connectivity index (χ2n) is 7.45. The van der Waals surface area contributed by atoms with Crippen LogP contribution in [-0.2, 0) is 21.2 Å². The predicted octanol–water partition coefficient (Wildman–Crippen LogP) is 3.61. The van der Waals surface area contributed by atoms with Crippen molar-refractivity contribution in [3.8, 4) is 5.75 Å². The van der Waals surface area contributed by atoms with Crippen molar-refractivity contribution < 1.29 is 27.4 Å². The van der Waals surface area contributed by atoms with E-state index in [9.17, 15) is 22.7 Å². The van der Waals surface area contributed by atoms with Crippen molar-refractivity contribution in [1.82, 2.24) is 0 Å². The second-order valence-corrected chi connectivity index (χ2v) is 9.75. The first-order valence-corrected chi connectivity index (χ1v) is 11.8. The van der Waals surface area contributed by atoms with Gasteiger partial charge in [0.25, 0.3) is 10.0 Å². The van der Waals surface area contributed by atoms with Crippen molar-refractivity contribution in [2.24, 2.45) is 0 Å². The number of aliphatic hydroxyl groups excluding tert-OH is 1. The molecule has 0 saturated carbocycles. The second kappa shape index (κ2) is 9.38. The zero-order chi connectivity index (χ0) is 23.6. The Hall–Kier alpha value is -3.14. The molecule has 0 spiro atoms. The Balaban J connectivity index is 1.62. The molecule has 0 aliphatic carbocycles. The van der Waals surface area contributed by atoms with E-state index in [1.54, 1.807) is 30.3 Å². The number of rotatable bonds is 6. The number of amides is 1. The molecule has 0 bridgehead atoms. The predicted molar refractivity (Wildman–Crippen MR) is 123 cm³/mol. The first-order valence-electron chi connectivity index (χ1n) is 10.0. The summed E-state index contributed by atoms with van der Waals surface area (Å²) in [6.45, 7) is -0.542. The van der Waals surface area contributed by atoms with Gasteiger partial charge >= 0.3 is 0 Å². The van der Waals surface area contributed by atoms with Crippen LogP contribution in [0.2, 0.25) is 5.02 Å². The molecular formula is C23H20ClFN2O5S. The van der Waals surface area contributed by atoms with Crippen LogP contribution < -0.4 is 14.4 Å². The summed E-state index contributed by atoms with van der Waals surface area (Å²) in [7, 11) is -4.08. The maximum absolute atomic E-state index is 13.3. The van der Waals surface area contributed by atoms with E-state index in [2.05, 4.69) is 5.32 Å². The van der Waals surface area contributed by atoms with Crippen LogP contribution in [0, 0.1) is 5.82 Å². The van der Waals surface area contributed by atoms with Crippen LogP contribution in [0.25, 0.3) is 0 Å². The zero-order valence-corrected chi connectivity index (χ0v) is 18.8. The highest BCUT2D eigenvalue weighted by Crippen LogP contribution is 2.39. The van der Waals surface area contributed by atoms with Crippen molar-refractivity contribution in [1.29, 1.82) is 0 Å². The summed E-state index contributed by atoms with van der Waals surface area (Å²) in [6, 6.07) is 15.9. The first-order chi connectivity index (χ1) is 15.8. The number of nitrogens with one attached hydrogen (secondary N) is 1. The summed E-state index contributed by atoms with van der Waals surface area (Å²) in [5.74, 6) is -0.618. The van der Waals surface area contributed by atoms with Crippen LogP contribution in [0.5, 0.6) is 5.75 Å². The molecule has 0 aromatic heterocycles. The molecule has 0 saturated heterocycles. The van der Waals surface area contributed by atoms with E-state index in [1.807, 2.05) is 0 Å². The number of carbonyl (C=O) groups excluding carboxylic acids is 1. The Morgan fingerprint density at radius 1 is 1.12 bits per heavy atom. The van der Waals surface area contributed by atoms with Crippen molar-refractivity contribution in [3.63, 3.8) is 0 Å². The van der Waals surface area contributed by atoms with Gasteiger partial charge in [-0.25, -0.2) is 12.8 Å². The zero-order valence-electron chi connectivity index (χ0n) is 17.2. The minimum absolute atomic E-state index is 0.106. The third kappa shape index (κ3) is 5.11. The van der Waals surface area contributed by atoms with Gasteiger partial charge in [0.1, 0.15) is 17.7 Å². The third-order valence-corrected chi connectivity index (χ3v) is 7.10. The molecule has 1 amide bonds. The molecule has 33 heavy (non-hydrogen) atoms. The monoisotopic (exact) mass is 490 g/mol. The minimum atomic E-state index is -4.08. The molecule has 1 aliphatic rings. The van der Waals surface area contributed by atoms with Crippen molar-refractivity contribution in [2.75, 3.05) is 22.8 Å². The van der Waals surface area contributed by atoms with Crippen LogP contribution in [-0.4, -0.2) is 38.7 Å². The topological polar surface area (TPSA) is 95.9 Å². The number of anilines is 2. The van der Waals surface area contributed by atoms with E-state index in [1.165, 1.54) is 24.3 Å². The van der Waals surface area contributed by atoms with Gasteiger partial charge in [-0.3, -0.25) is 9.10 Å². The fourth-order valence-corrected chi connectivity index (χ4v) is 5.06. The molecule has 10 heteroatoms. The molecule has 0 fully saturated rings. The molecule has 1 atom stereocenters. The summed E-state index contributed by atoms with van der Waals surface area (Å²) < 4.78 is 46.7. The Bertz CT molecular complexity index is 1270. The number of fused-ring (bicyclic) bond motifs is 1. The highest BCUT2D eigenvalue weighted by Gasteiger charge is 2.34. The fraction of sp³-hybridized carbons (Fsp3) is 0.174. The lowest BCUT2D eigenvalue weighted by Crippen LogP contribution is -2.45. The van der Waals surface area contributed by atoms with Gasteiger partial charge in [0, 0.05) is 10.7 Å². The number of aliphatic hydroxyl groups is 1. The Morgan fingerprint density at radius 3 is 2.48 bits per heavy atom. The minimum Gasteiger partial charge on any atom is -0.484 e. The molecule has 0 radical (unpaired) electrons. The molecule has 172 valence electrons. The molecule has 1 aliphatic heterocycles. The van der Waals surface area contributed by atoms with Crippen molar-refractivity contribution in [3.05, 3.63) is 83.1 Å². The quantitative estimate of drug-likeness (QED) is 0.550. The number of hydrogen-bond donors (Lipinski definition) is 2. The smallest absolute Gasteiger partial charge is 0.264 e. The maximum atomic E-state index is 13.3. The van der Waals surface area contributed by atoms with Crippen molar-refractivity contribution in [2.45, 2.75) is 17.4 Å². The Labute approximate surface area is 195 Å². The highest BCUT2D eigenvalue weighted by atomic mass is 35.5. The van der Waals surface area contributed by atoms with Gasteiger partial charge in [-0.1, -0.05) is 23.7 Å². The summed E-state index contributed by atoms with van der Waals surface area (Å²) in [4.78, 5) is 12.4. The average Bonchev–Trinajstić information content (AvgIpc) is 2.80. The third-order valence-electron chi connectivity index (χ3n) is 5.06. The number of ether oxygens (including phenoxy) is 1.